The minimum Gasteiger partial charge on any atom is -0.395 e. The van der Waals surface area contributed by atoms with E-state index in [2.05, 4.69) is 20.0 Å². The number of anilines is 1. The molecule has 5 atom stereocenters. The molecule has 0 amide bonds. The number of aryl methyl sites for hydroxylation is 1. The third-order valence-corrected chi connectivity index (χ3v) is 9.12. The van der Waals surface area contributed by atoms with E-state index < -0.39 is 44.4 Å². The third-order valence-electron chi connectivity index (χ3n) is 6.38. The summed E-state index contributed by atoms with van der Waals surface area (Å²) in [5.74, 6) is 0.633. The van der Waals surface area contributed by atoms with E-state index in [1.54, 1.807) is 20.8 Å². The predicted molar refractivity (Wildman–Crippen MR) is 150 cm³/mol. The Morgan fingerprint density at radius 3 is 2.73 bits per heavy atom. The van der Waals surface area contributed by atoms with Crippen LogP contribution in [0.15, 0.2) is 36.7 Å². The maximum absolute atomic E-state index is 15.2. The summed E-state index contributed by atoms with van der Waals surface area (Å²) in [6.45, 7) is 4.09. The fourth-order valence-corrected chi connectivity index (χ4v) is 6.18. The molecule has 0 bridgehead atoms. The number of benzene rings is 1. The molecule has 13 nitrogen and oxygen atoms in total. The van der Waals surface area contributed by atoms with Gasteiger partial charge in [0.15, 0.2) is 29.0 Å². The van der Waals surface area contributed by atoms with Crippen LogP contribution in [0.4, 0.5) is 10.2 Å². The number of nitrogens with zero attached hydrogens (tertiary/aromatic N) is 4. The van der Waals surface area contributed by atoms with Gasteiger partial charge >= 0.3 is 7.75 Å². The minimum absolute atomic E-state index is 0.124. The van der Waals surface area contributed by atoms with Crippen LogP contribution in [0.1, 0.15) is 31.5 Å². The molecule has 41 heavy (non-hydrogen) atoms. The molecule has 1 aliphatic rings. The van der Waals surface area contributed by atoms with Gasteiger partial charge in [-0.05, 0) is 26.3 Å². The molecule has 3 aromatic rings. The van der Waals surface area contributed by atoms with E-state index in [1.165, 1.54) is 10.9 Å². The zero-order valence-electron chi connectivity index (χ0n) is 22.8. The zero-order chi connectivity index (χ0) is 29.8. The van der Waals surface area contributed by atoms with Crippen LogP contribution in [0.25, 0.3) is 11.2 Å². The number of aromatic nitrogens is 4. The van der Waals surface area contributed by atoms with E-state index in [-0.39, 0.29) is 47.6 Å². The van der Waals surface area contributed by atoms with Crippen LogP contribution >= 0.6 is 19.5 Å². The van der Waals surface area contributed by atoms with E-state index in [9.17, 15) is 19.6 Å². The highest BCUT2D eigenvalue weighted by Gasteiger charge is 2.47. The van der Waals surface area contributed by atoms with E-state index in [0.717, 1.165) is 17.3 Å². The second-order valence-electron chi connectivity index (χ2n) is 10.1. The number of halogens is 1. The Hall–Kier alpha value is -2.49. The van der Waals surface area contributed by atoms with Crippen molar-refractivity contribution in [2.45, 2.75) is 51.9 Å². The van der Waals surface area contributed by atoms with Crippen LogP contribution in [0.2, 0.25) is 0 Å². The summed E-state index contributed by atoms with van der Waals surface area (Å²) in [4.78, 5) is 24.7. The van der Waals surface area contributed by atoms with Crippen LogP contribution in [0, 0.1) is 12.3 Å². The van der Waals surface area contributed by atoms with Crippen LogP contribution in [0.5, 0.6) is 0 Å². The van der Waals surface area contributed by atoms with Crippen molar-refractivity contribution in [1.29, 1.82) is 0 Å². The fourth-order valence-electron chi connectivity index (χ4n) is 3.94. The minimum atomic E-state index is -4.02. The number of alkyl halides is 1. The summed E-state index contributed by atoms with van der Waals surface area (Å²) < 4.78 is 47.1. The Balaban J connectivity index is 1.42. The van der Waals surface area contributed by atoms with Gasteiger partial charge in [0, 0.05) is 12.3 Å². The summed E-state index contributed by atoms with van der Waals surface area (Å²) in [5.41, 5.74) is 6.29. The Kier molecular flexibility index (Phi) is 10.1. The number of hydrogen-bond donors (Lipinski definition) is 4. The highest BCUT2D eigenvalue weighted by Crippen LogP contribution is 2.46. The summed E-state index contributed by atoms with van der Waals surface area (Å²) in [7, 11) is -4.02. The average Bonchev–Trinajstić information content (AvgIpc) is 3.49. The van der Waals surface area contributed by atoms with E-state index in [1.807, 2.05) is 30.3 Å². The van der Waals surface area contributed by atoms with Gasteiger partial charge < -0.3 is 20.7 Å². The van der Waals surface area contributed by atoms with Crippen LogP contribution in [0.3, 0.4) is 0 Å². The molecule has 5 N–H and O–H groups in total. The maximum Gasteiger partial charge on any atom is 0.405 e. The van der Waals surface area contributed by atoms with E-state index in [0.29, 0.717) is 5.82 Å². The van der Waals surface area contributed by atoms with E-state index in [4.69, 9.17) is 19.5 Å². The first-order chi connectivity index (χ1) is 19.4. The molecule has 1 aliphatic heterocycles. The molecule has 3 heterocycles. The van der Waals surface area contributed by atoms with Crippen molar-refractivity contribution in [3.63, 3.8) is 0 Å². The molecule has 4 rings (SSSR count). The smallest absolute Gasteiger partial charge is 0.395 e. The molecular weight excluding hydrogens is 578 g/mol. The number of aliphatic hydroxyl groups excluding tert-OH is 2. The van der Waals surface area contributed by atoms with Crippen LogP contribution < -0.4 is 10.8 Å². The largest absolute Gasteiger partial charge is 0.405 e. The molecule has 1 fully saturated rings. The number of thioether (sulfide) groups is 1. The molecule has 1 saturated heterocycles. The van der Waals surface area contributed by atoms with Crippen molar-refractivity contribution in [1.82, 2.24) is 24.6 Å². The molecule has 1 unspecified atom stereocenters. The van der Waals surface area contributed by atoms with Crippen molar-refractivity contribution >= 4 is 41.6 Å². The molecule has 224 valence electrons. The normalized spacial score (nSPS) is 22.7. The molecule has 0 radical (unpaired) electrons. The van der Waals surface area contributed by atoms with Crippen molar-refractivity contribution in [3.05, 3.63) is 48.0 Å². The van der Waals surface area contributed by atoms with Gasteiger partial charge in [0.2, 0.25) is 0 Å². The first-order valence-electron chi connectivity index (χ1n) is 12.8. The topological polar surface area (TPSA) is 184 Å². The van der Waals surface area contributed by atoms with Gasteiger partial charge in [0.1, 0.15) is 23.5 Å². The fraction of sp³-hybridized carbons (Fsp3) is 0.520. The van der Waals surface area contributed by atoms with Gasteiger partial charge in [-0.2, -0.15) is 0 Å². The number of imidazole rings is 1. The van der Waals surface area contributed by atoms with Gasteiger partial charge in [-0.1, -0.05) is 42.1 Å². The number of nitrogens with two attached hydrogens (primary N) is 1. The molecule has 0 aliphatic carbocycles. The number of nitrogen functional groups attached to an aromatic ring is 1. The number of aliphatic hydroxyl groups is 2. The molecule has 16 heteroatoms. The van der Waals surface area contributed by atoms with Gasteiger partial charge in [-0.15, -0.1) is 0 Å². The second kappa shape index (κ2) is 13.2. The zero-order valence-corrected chi connectivity index (χ0v) is 24.6. The SMILES string of the molecule is Cc1nc(N)c2ncn([C@@H]3O[C@H](COP(=O)(NCc4ccccc4)OCCSC(=O)C(C)(C)CO)[C@@H](O)[C@@H]3F)c2n1. The van der Waals surface area contributed by atoms with Crippen LogP contribution in [-0.2, 0) is 29.7 Å². The number of carbonyl (C=O) groups is 1. The lowest BCUT2D eigenvalue weighted by molar-refractivity contribution is -0.119. The number of ether oxygens (including phenoxy) is 1. The number of carbonyl (C=O) groups excluding carboxylic acids is 1. The van der Waals surface area contributed by atoms with Crippen molar-refractivity contribution in [3.8, 4) is 0 Å². The Morgan fingerprint density at radius 2 is 2.02 bits per heavy atom. The number of hydrogen-bond acceptors (Lipinski definition) is 12. The monoisotopic (exact) mass is 612 g/mol. The Labute approximate surface area is 240 Å². The van der Waals surface area contributed by atoms with Gasteiger partial charge in [-0.25, -0.2) is 29.0 Å². The van der Waals surface area contributed by atoms with Gasteiger partial charge in [0.25, 0.3) is 0 Å². The first kappa shape index (κ1) is 31.4. The molecule has 0 spiro atoms. The number of nitrogens with one attached hydrogen (secondary N) is 1. The average molecular weight is 613 g/mol. The number of rotatable bonds is 13. The lowest BCUT2D eigenvalue weighted by Gasteiger charge is -2.23. The van der Waals surface area contributed by atoms with Crippen molar-refractivity contribution < 1.29 is 37.7 Å². The molecule has 1 aromatic carbocycles. The lowest BCUT2D eigenvalue weighted by atomic mass is 9.97. The predicted octanol–water partition coefficient (Wildman–Crippen LogP) is 2.52. The highest BCUT2D eigenvalue weighted by atomic mass is 32.2. The summed E-state index contributed by atoms with van der Waals surface area (Å²) >= 11 is 0.938. The van der Waals surface area contributed by atoms with Crippen LogP contribution in [-0.4, -0.2) is 78.8 Å². The quantitative estimate of drug-likeness (QED) is 0.163. The Bertz CT molecular complexity index is 1400. The van der Waals surface area contributed by atoms with E-state index >= 15 is 4.39 Å². The number of fused-ring (bicyclic) bond motifs is 1. The molecule has 0 saturated carbocycles. The van der Waals surface area contributed by atoms with Gasteiger partial charge in [-0.3, -0.25) is 18.4 Å². The lowest BCUT2D eigenvalue weighted by Crippen LogP contribution is -2.32. The van der Waals surface area contributed by atoms with Gasteiger partial charge in [0.05, 0.1) is 31.6 Å². The summed E-state index contributed by atoms with van der Waals surface area (Å²) in [6, 6.07) is 9.11. The second-order valence-corrected chi connectivity index (χ2v) is 13.0. The van der Waals surface area contributed by atoms with Crippen molar-refractivity contribution in [2.24, 2.45) is 5.41 Å². The molecule has 2 aromatic heterocycles. The standard InChI is InChI=1S/C25H34FN6O7PS/c1-15-30-21(27)19-22(31-15)32(14-28-19)23-18(26)20(34)17(39-23)12-38-40(36,29-11-16-7-5-4-6-8-16)37-9-10-41-24(35)25(2,3)13-33/h4-8,14,17-18,20,23,33-34H,9-13H2,1-3H3,(H,29,36)(H2,27,30,31)/t17-,18+,20-,23-,40?/m1/s1. The Morgan fingerprint density at radius 1 is 1.29 bits per heavy atom. The summed E-state index contributed by atoms with van der Waals surface area (Å²) in [5, 5.41) is 22.5. The first-order valence-corrected chi connectivity index (χ1v) is 15.4. The molecular formula is C25H34FN6O7PS. The summed E-state index contributed by atoms with van der Waals surface area (Å²) in [6.07, 6.45) is -4.70. The maximum atomic E-state index is 15.2. The third kappa shape index (κ3) is 7.48. The van der Waals surface area contributed by atoms with Crippen molar-refractivity contribution in [2.75, 3.05) is 31.3 Å². The highest BCUT2D eigenvalue weighted by molar-refractivity contribution is 8.13.